The number of hydrogen-bond donors (Lipinski definition) is 0. The number of amides is 1. The Morgan fingerprint density at radius 3 is 2.71 bits per heavy atom. The van der Waals surface area contributed by atoms with Gasteiger partial charge in [-0.05, 0) is 13.0 Å². The van der Waals surface area contributed by atoms with Crippen molar-refractivity contribution < 1.29 is 18.0 Å². The van der Waals surface area contributed by atoms with Crippen LogP contribution in [0.4, 0.5) is 13.2 Å². The zero-order valence-corrected chi connectivity index (χ0v) is 9.86. The minimum Gasteiger partial charge on any atom is -0.326 e. The molecular formula is C11H10F3NOS. The minimum absolute atomic E-state index is 0.0154. The van der Waals surface area contributed by atoms with Crippen LogP contribution in [-0.4, -0.2) is 23.1 Å². The zero-order chi connectivity index (χ0) is 12.6. The van der Waals surface area contributed by atoms with E-state index in [1.807, 2.05) is 0 Å². The molecule has 2 rings (SSSR count). The molecule has 0 bridgehead atoms. The molecule has 1 unspecified atom stereocenters. The molecule has 1 atom stereocenters. The Bertz CT molecular complexity index is 466. The van der Waals surface area contributed by atoms with E-state index in [2.05, 4.69) is 0 Å². The van der Waals surface area contributed by atoms with E-state index < -0.39 is 22.8 Å². The molecule has 1 aromatic rings. The highest BCUT2D eigenvalue weighted by molar-refractivity contribution is 8.00. The Kier molecular flexibility index (Phi) is 3.33. The molecule has 1 aliphatic heterocycles. The lowest BCUT2D eigenvalue weighted by molar-refractivity contribution is -0.127. The third-order valence-electron chi connectivity index (χ3n) is 2.64. The Morgan fingerprint density at radius 1 is 1.35 bits per heavy atom. The van der Waals surface area contributed by atoms with E-state index in [1.165, 1.54) is 22.7 Å². The average Bonchev–Trinajstić information content (AvgIpc) is 2.67. The predicted molar refractivity (Wildman–Crippen MR) is 58.9 cm³/mol. The molecule has 1 aromatic carbocycles. The van der Waals surface area contributed by atoms with Crippen LogP contribution in [0.3, 0.4) is 0 Å². The third kappa shape index (κ3) is 2.01. The van der Waals surface area contributed by atoms with Crippen LogP contribution in [0.2, 0.25) is 0 Å². The van der Waals surface area contributed by atoms with Gasteiger partial charge in [0.2, 0.25) is 5.91 Å². The van der Waals surface area contributed by atoms with Crippen molar-refractivity contribution in [1.29, 1.82) is 0 Å². The number of halogens is 3. The van der Waals surface area contributed by atoms with Crippen LogP contribution >= 0.6 is 11.8 Å². The highest BCUT2D eigenvalue weighted by Crippen LogP contribution is 2.39. The predicted octanol–water partition coefficient (Wildman–Crippen LogP) is 2.70. The van der Waals surface area contributed by atoms with Gasteiger partial charge in [0.25, 0.3) is 0 Å². The van der Waals surface area contributed by atoms with Crippen molar-refractivity contribution >= 4 is 17.7 Å². The summed E-state index contributed by atoms with van der Waals surface area (Å²) in [5, 5.41) is -0.567. The Labute approximate surface area is 101 Å². The van der Waals surface area contributed by atoms with Crippen LogP contribution in [0.5, 0.6) is 0 Å². The number of carbonyl (C=O) groups excluding carboxylic acids is 1. The normalized spacial score (nSPS) is 20.1. The molecule has 0 spiro atoms. The summed E-state index contributed by atoms with van der Waals surface area (Å²) in [4.78, 5) is 12.9. The maximum Gasteiger partial charge on any atom is 0.233 e. The quantitative estimate of drug-likeness (QED) is 0.763. The molecule has 92 valence electrons. The van der Waals surface area contributed by atoms with Crippen LogP contribution < -0.4 is 0 Å². The molecule has 1 saturated heterocycles. The van der Waals surface area contributed by atoms with Crippen LogP contribution in [0, 0.1) is 17.5 Å². The van der Waals surface area contributed by atoms with Crippen LogP contribution in [0.1, 0.15) is 17.9 Å². The summed E-state index contributed by atoms with van der Waals surface area (Å²) < 4.78 is 39.5. The first kappa shape index (κ1) is 12.3. The molecule has 0 aliphatic carbocycles. The number of nitrogens with zero attached hydrogens (tertiary/aromatic N) is 1. The van der Waals surface area contributed by atoms with Gasteiger partial charge in [-0.25, -0.2) is 13.2 Å². The second-order valence-corrected chi connectivity index (χ2v) is 4.68. The minimum atomic E-state index is -1.49. The number of thioether (sulfide) groups is 1. The van der Waals surface area contributed by atoms with Crippen LogP contribution in [-0.2, 0) is 4.79 Å². The van der Waals surface area contributed by atoms with E-state index in [4.69, 9.17) is 0 Å². The smallest absolute Gasteiger partial charge is 0.233 e. The SMILES string of the molecule is CCN1C(=O)CSC1c1ccc(F)c(F)c1F. The summed E-state index contributed by atoms with van der Waals surface area (Å²) in [5.74, 6) is -3.80. The van der Waals surface area contributed by atoms with Gasteiger partial charge in [-0.1, -0.05) is 6.07 Å². The number of hydrogen-bond acceptors (Lipinski definition) is 2. The number of benzene rings is 1. The van der Waals surface area contributed by atoms with Crippen molar-refractivity contribution in [3.05, 3.63) is 35.1 Å². The van der Waals surface area contributed by atoms with E-state index in [9.17, 15) is 18.0 Å². The van der Waals surface area contributed by atoms with Crippen molar-refractivity contribution in [1.82, 2.24) is 4.90 Å². The summed E-state index contributed by atoms with van der Waals surface area (Å²) in [6.07, 6.45) is 0. The average molecular weight is 261 g/mol. The van der Waals surface area contributed by atoms with E-state index in [1.54, 1.807) is 6.92 Å². The number of rotatable bonds is 2. The summed E-state index contributed by atoms with van der Waals surface area (Å²) in [5.41, 5.74) is 0.0154. The Morgan fingerprint density at radius 2 is 2.06 bits per heavy atom. The topological polar surface area (TPSA) is 20.3 Å². The molecule has 0 radical (unpaired) electrons. The maximum absolute atomic E-state index is 13.6. The molecule has 6 heteroatoms. The van der Waals surface area contributed by atoms with Crippen molar-refractivity contribution in [2.75, 3.05) is 12.3 Å². The second kappa shape index (κ2) is 4.60. The largest absolute Gasteiger partial charge is 0.326 e. The summed E-state index contributed by atoms with van der Waals surface area (Å²) >= 11 is 1.21. The molecule has 17 heavy (non-hydrogen) atoms. The molecule has 0 saturated carbocycles. The van der Waals surface area contributed by atoms with Gasteiger partial charge < -0.3 is 4.90 Å². The maximum atomic E-state index is 13.6. The number of carbonyl (C=O) groups is 1. The van der Waals surface area contributed by atoms with Crippen molar-refractivity contribution in [2.24, 2.45) is 0 Å². The van der Waals surface area contributed by atoms with Crippen LogP contribution in [0.25, 0.3) is 0 Å². The summed E-state index contributed by atoms with van der Waals surface area (Å²) in [6.45, 7) is 2.17. The van der Waals surface area contributed by atoms with Crippen molar-refractivity contribution in [3.63, 3.8) is 0 Å². The third-order valence-corrected chi connectivity index (χ3v) is 3.88. The molecule has 2 nitrogen and oxygen atoms in total. The molecular weight excluding hydrogens is 251 g/mol. The highest BCUT2D eigenvalue weighted by Gasteiger charge is 2.34. The molecule has 1 amide bonds. The molecule has 0 N–H and O–H groups in total. The van der Waals surface area contributed by atoms with Gasteiger partial charge in [0.05, 0.1) is 5.75 Å². The molecule has 0 aromatic heterocycles. The van der Waals surface area contributed by atoms with Crippen LogP contribution in [0.15, 0.2) is 12.1 Å². The summed E-state index contributed by atoms with van der Waals surface area (Å²) in [6, 6.07) is 2.07. The van der Waals surface area contributed by atoms with Gasteiger partial charge in [0, 0.05) is 12.1 Å². The van der Waals surface area contributed by atoms with E-state index in [0.29, 0.717) is 6.54 Å². The fourth-order valence-corrected chi connectivity index (χ4v) is 3.06. The van der Waals surface area contributed by atoms with Gasteiger partial charge in [-0.3, -0.25) is 4.79 Å². The van der Waals surface area contributed by atoms with Crippen molar-refractivity contribution in [2.45, 2.75) is 12.3 Å². The van der Waals surface area contributed by atoms with E-state index >= 15 is 0 Å². The molecule has 1 fully saturated rings. The molecule has 1 aliphatic rings. The first-order chi connectivity index (χ1) is 8.06. The Balaban J connectivity index is 2.41. The van der Waals surface area contributed by atoms with E-state index in [0.717, 1.165) is 6.07 Å². The van der Waals surface area contributed by atoms with Gasteiger partial charge in [0.15, 0.2) is 17.5 Å². The molecule has 1 heterocycles. The fourth-order valence-electron chi connectivity index (χ4n) is 1.79. The zero-order valence-electron chi connectivity index (χ0n) is 9.04. The lowest BCUT2D eigenvalue weighted by Crippen LogP contribution is -2.28. The first-order valence-electron chi connectivity index (χ1n) is 5.10. The lowest BCUT2D eigenvalue weighted by atomic mass is 10.1. The highest BCUT2D eigenvalue weighted by atomic mass is 32.2. The summed E-state index contributed by atoms with van der Waals surface area (Å²) in [7, 11) is 0. The Hall–Kier alpha value is -1.17. The van der Waals surface area contributed by atoms with Crippen molar-refractivity contribution in [3.8, 4) is 0 Å². The fraction of sp³-hybridized carbons (Fsp3) is 0.364. The monoisotopic (exact) mass is 261 g/mol. The van der Waals surface area contributed by atoms with Gasteiger partial charge in [-0.15, -0.1) is 11.8 Å². The standard InChI is InChI=1S/C11H10F3NOS/c1-2-15-8(16)5-17-11(15)6-3-4-7(12)10(14)9(6)13/h3-4,11H,2,5H2,1H3. The first-order valence-corrected chi connectivity index (χ1v) is 6.15. The van der Waals surface area contributed by atoms with E-state index in [-0.39, 0.29) is 17.2 Å². The van der Waals surface area contributed by atoms with Gasteiger partial charge in [0.1, 0.15) is 5.37 Å². The lowest BCUT2D eigenvalue weighted by Gasteiger charge is -2.22. The van der Waals surface area contributed by atoms with Gasteiger partial charge >= 0.3 is 0 Å². The second-order valence-electron chi connectivity index (χ2n) is 3.61. The van der Waals surface area contributed by atoms with Gasteiger partial charge in [-0.2, -0.15) is 0 Å².